The van der Waals surface area contributed by atoms with Gasteiger partial charge in [0.15, 0.2) is 0 Å². The van der Waals surface area contributed by atoms with E-state index in [0.717, 1.165) is 16.8 Å². The second-order valence-electron chi connectivity index (χ2n) is 4.83. The number of aromatic carboxylic acids is 1. The van der Waals surface area contributed by atoms with Crippen molar-refractivity contribution < 1.29 is 14.7 Å². The van der Waals surface area contributed by atoms with Gasteiger partial charge in [0.1, 0.15) is 0 Å². The molecule has 1 aliphatic heterocycles. The Labute approximate surface area is 121 Å². The van der Waals surface area contributed by atoms with Crippen molar-refractivity contribution in [3.63, 3.8) is 0 Å². The summed E-state index contributed by atoms with van der Waals surface area (Å²) in [4.78, 5) is 24.8. The van der Waals surface area contributed by atoms with E-state index in [2.05, 4.69) is 0 Å². The molecule has 0 bridgehead atoms. The van der Waals surface area contributed by atoms with E-state index in [1.54, 1.807) is 17.0 Å². The Hall–Kier alpha value is -2.88. The van der Waals surface area contributed by atoms with Gasteiger partial charge in [-0.2, -0.15) is 0 Å². The number of carboxylic acid groups (broad SMARTS) is 1. The molecule has 4 heteroatoms. The highest BCUT2D eigenvalue weighted by Crippen LogP contribution is 2.36. The van der Waals surface area contributed by atoms with E-state index >= 15 is 0 Å². The van der Waals surface area contributed by atoms with Crippen LogP contribution in [0.2, 0.25) is 0 Å². The van der Waals surface area contributed by atoms with E-state index in [4.69, 9.17) is 5.11 Å². The number of hydrogen-bond donors (Lipinski definition) is 1. The molecule has 0 atom stereocenters. The lowest BCUT2D eigenvalue weighted by atomic mass is 10.1. The van der Waals surface area contributed by atoms with Crippen LogP contribution >= 0.6 is 0 Å². The van der Waals surface area contributed by atoms with Gasteiger partial charge < -0.3 is 5.11 Å². The molecule has 1 amide bonds. The molecule has 1 N–H and O–H groups in total. The topological polar surface area (TPSA) is 57.6 Å². The Balaban J connectivity index is 2.28. The molecule has 3 rings (SSSR count). The molecule has 0 aromatic heterocycles. The van der Waals surface area contributed by atoms with Gasteiger partial charge in [-0.05, 0) is 29.3 Å². The molecule has 0 saturated heterocycles. The number of hydrogen-bond acceptors (Lipinski definition) is 2. The van der Waals surface area contributed by atoms with E-state index < -0.39 is 5.97 Å². The van der Waals surface area contributed by atoms with Crippen LogP contribution in [0.4, 0.5) is 11.4 Å². The third kappa shape index (κ3) is 2.21. The number of para-hydroxylation sites is 1. The highest BCUT2D eigenvalue weighted by molar-refractivity contribution is 6.06. The third-order valence-corrected chi connectivity index (χ3v) is 3.45. The number of fused-ring (bicyclic) bond motifs is 2. The maximum atomic E-state index is 12.1. The Kier molecular flexibility index (Phi) is 3.06. The van der Waals surface area contributed by atoms with Crippen molar-refractivity contribution in [1.82, 2.24) is 0 Å². The first-order valence-corrected chi connectivity index (χ1v) is 6.53. The molecule has 0 radical (unpaired) electrons. The van der Waals surface area contributed by atoms with Crippen molar-refractivity contribution >= 4 is 35.4 Å². The zero-order valence-electron chi connectivity index (χ0n) is 11.4. The summed E-state index contributed by atoms with van der Waals surface area (Å²) in [6, 6.07) is 12.3. The van der Waals surface area contributed by atoms with Crippen LogP contribution in [0.5, 0.6) is 0 Å². The summed E-state index contributed by atoms with van der Waals surface area (Å²) in [6.07, 6.45) is 3.82. The number of rotatable bonds is 1. The molecule has 21 heavy (non-hydrogen) atoms. The van der Waals surface area contributed by atoms with Crippen LogP contribution in [0.3, 0.4) is 0 Å². The molecule has 2 aromatic rings. The SMILES string of the molecule is CC(=O)N1c2ccccc2C=Cc2ccc(C(=O)O)cc21. The summed E-state index contributed by atoms with van der Waals surface area (Å²) in [5.74, 6) is -1.17. The van der Waals surface area contributed by atoms with Crippen molar-refractivity contribution in [2.45, 2.75) is 6.92 Å². The Morgan fingerprint density at radius 1 is 0.952 bits per heavy atom. The predicted octanol–water partition coefficient (Wildman–Crippen LogP) is 3.55. The van der Waals surface area contributed by atoms with Gasteiger partial charge in [-0.15, -0.1) is 0 Å². The average molecular weight is 279 g/mol. The number of carbonyl (C=O) groups is 2. The minimum Gasteiger partial charge on any atom is -0.478 e. The lowest BCUT2D eigenvalue weighted by Gasteiger charge is -2.23. The van der Waals surface area contributed by atoms with Crippen molar-refractivity contribution in [2.75, 3.05) is 4.90 Å². The number of amides is 1. The van der Waals surface area contributed by atoms with E-state index in [1.165, 1.54) is 13.0 Å². The second-order valence-corrected chi connectivity index (χ2v) is 4.83. The Morgan fingerprint density at radius 2 is 1.62 bits per heavy atom. The zero-order valence-corrected chi connectivity index (χ0v) is 11.4. The number of benzene rings is 2. The van der Waals surface area contributed by atoms with E-state index in [1.807, 2.05) is 36.4 Å². The van der Waals surface area contributed by atoms with Crippen LogP contribution in [-0.4, -0.2) is 17.0 Å². The van der Waals surface area contributed by atoms with Gasteiger partial charge in [0.2, 0.25) is 5.91 Å². The zero-order chi connectivity index (χ0) is 15.0. The molecule has 2 aromatic carbocycles. The maximum absolute atomic E-state index is 12.1. The maximum Gasteiger partial charge on any atom is 0.335 e. The van der Waals surface area contributed by atoms with Gasteiger partial charge in [0.05, 0.1) is 16.9 Å². The van der Waals surface area contributed by atoms with Gasteiger partial charge in [0.25, 0.3) is 0 Å². The van der Waals surface area contributed by atoms with Crippen molar-refractivity contribution in [1.29, 1.82) is 0 Å². The molecule has 0 unspecified atom stereocenters. The van der Waals surface area contributed by atoms with Crippen LogP contribution in [0.15, 0.2) is 42.5 Å². The third-order valence-electron chi connectivity index (χ3n) is 3.45. The van der Waals surface area contributed by atoms with Crippen molar-refractivity contribution in [2.24, 2.45) is 0 Å². The smallest absolute Gasteiger partial charge is 0.335 e. The molecular formula is C17H13NO3. The quantitative estimate of drug-likeness (QED) is 0.868. The first kappa shape index (κ1) is 13.1. The average Bonchev–Trinajstić information content (AvgIpc) is 2.62. The summed E-state index contributed by atoms with van der Waals surface area (Å²) < 4.78 is 0. The molecule has 0 fully saturated rings. The molecule has 0 aliphatic carbocycles. The van der Waals surface area contributed by atoms with Crippen LogP contribution in [0, 0.1) is 0 Å². The number of nitrogens with zero attached hydrogens (tertiary/aromatic N) is 1. The normalized spacial score (nSPS) is 12.3. The van der Waals surface area contributed by atoms with E-state index in [0.29, 0.717) is 5.69 Å². The van der Waals surface area contributed by atoms with Crippen LogP contribution in [0.25, 0.3) is 12.2 Å². The lowest BCUT2D eigenvalue weighted by molar-refractivity contribution is -0.115. The highest BCUT2D eigenvalue weighted by Gasteiger charge is 2.22. The Morgan fingerprint density at radius 3 is 2.29 bits per heavy atom. The molecule has 1 heterocycles. The van der Waals surface area contributed by atoms with Gasteiger partial charge >= 0.3 is 5.97 Å². The standard InChI is InChI=1S/C17H13NO3/c1-11(19)18-15-5-3-2-4-12(15)6-7-13-8-9-14(17(20)21)10-16(13)18/h2-10H,1H3,(H,20,21). The summed E-state index contributed by atoms with van der Waals surface area (Å²) in [7, 11) is 0. The number of anilines is 2. The Bertz CT molecular complexity index is 777. The first-order chi connectivity index (χ1) is 10.1. The van der Waals surface area contributed by atoms with E-state index in [9.17, 15) is 9.59 Å². The first-order valence-electron chi connectivity index (χ1n) is 6.53. The molecular weight excluding hydrogens is 266 g/mol. The fourth-order valence-corrected chi connectivity index (χ4v) is 2.49. The van der Waals surface area contributed by atoms with E-state index in [-0.39, 0.29) is 11.5 Å². The summed E-state index contributed by atoms with van der Waals surface area (Å²) in [6.45, 7) is 1.47. The van der Waals surface area contributed by atoms with Gasteiger partial charge in [0, 0.05) is 6.92 Å². The van der Waals surface area contributed by atoms with Gasteiger partial charge in [-0.3, -0.25) is 9.69 Å². The predicted molar refractivity (Wildman–Crippen MR) is 81.6 cm³/mol. The minimum atomic E-state index is -1.01. The summed E-state index contributed by atoms with van der Waals surface area (Å²) in [5.41, 5.74) is 3.23. The van der Waals surface area contributed by atoms with Crippen molar-refractivity contribution in [3.8, 4) is 0 Å². The van der Waals surface area contributed by atoms with Gasteiger partial charge in [-0.1, -0.05) is 36.4 Å². The minimum absolute atomic E-state index is 0.157. The second kappa shape index (κ2) is 4.90. The lowest BCUT2D eigenvalue weighted by Crippen LogP contribution is -2.24. The molecule has 1 aliphatic rings. The molecule has 104 valence electrons. The van der Waals surface area contributed by atoms with Gasteiger partial charge in [-0.25, -0.2) is 4.79 Å². The fourth-order valence-electron chi connectivity index (χ4n) is 2.49. The molecule has 4 nitrogen and oxygen atoms in total. The summed E-state index contributed by atoms with van der Waals surface area (Å²) in [5, 5.41) is 9.16. The van der Waals surface area contributed by atoms with Crippen LogP contribution in [-0.2, 0) is 4.79 Å². The molecule has 0 saturated carbocycles. The van der Waals surface area contributed by atoms with Crippen LogP contribution < -0.4 is 4.90 Å². The van der Waals surface area contributed by atoms with Crippen LogP contribution in [0.1, 0.15) is 28.4 Å². The van der Waals surface area contributed by atoms with Crippen molar-refractivity contribution in [3.05, 3.63) is 59.2 Å². The molecule has 0 spiro atoms. The highest BCUT2D eigenvalue weighted by atomic mass is 16.4. The monoisotopic (exact) mass is 279 g/mol. The fraction of sp³-hybridized carbons (Fsp3) is 0.0588. The number of carboxylic acids is 1. The largest absolute Gasteiger partial charge is 0.478 e. The number of carbonyl (C=O) groups excluding carboxylic acids is 1. The summed E-state index contributed by atoms with van der Waals surface area (Å²) >= 11 is 0.